The Hall–Kier alpha value is -0.380. The Balaban J connectivity index is 1.97. The molecule has 3 heteroatoms. The van der Waals surface area contributed by atoms with Gasteiger partial charge in [-0.2, -0.15) is 0 Å². The SMILES string of the molecule is C=C1CN2CCCN(C)CCC[NH+](CCC2)C1. The Morgan fingerprint density at radius 3 is 2.47 bits per heavy atom. The highest BCUT2D eigenvalue weighted by Crippen LogP contribution is 2.03. The van der Waals surface area contributed by atoms with Crippen molar-refractivity contribution in [1.82, 2.24) is 9.80 Å². The predicted molar refractivity (Wildman–Crippen MR) is 72.5 cm³/mol. The van der Waals surface area contributed by atoms with Crippen molar-refractivity contribution in [2.24, 2.45) is 0 Å². The molecular weight excluding hydrogens is 210 g/mol. The van der Waals surface area contributed by atoms with Gasteiger partial charge in [0.2, 0.25) is 0 Å². The maximum Gasteiger partial charge on any atom is 0.0997 e. The maximum atomic E-state index is 4.27. The molecule has 0 aromatic heterocycles. The number of nitrogens with one attached hydrogen (secondary N) is 1. The Bertz CT molecular complexity index is 230. The quantitative estimate of drug-likeness (QED) is 0.589. The molecule has 2 atom stereocenters. The van der Waals surface area contributed by atoms with Crippen molar-refractivity contribution >= 4 is 0 Å². The standard InChI is InChI=1S/C14H27N3/c1-14-12-16-8-3-6-15(2)7-4-9-17(13-14)11-5-10-16/h1,3-13H2,2H3/p+1. The Morgan fingerprint density at radius 2 is 1.65 bits per heavy atom. The first-order valence-electron chi connectivity index (χ1n) is 7.15. The molecule has 0 amide bonds. The van der Waals surface area contributed by atoms with Crippen LogP contribution in [0.25, 0.3) is 0 Å². The van der Waals surface area contributed by atoms with Crippen LogP contribution in [-0.2, 0) is 0 Å². The Labute approximate surface area is 106 Å². The second kappa shape index (κ2) is 6.53. The molecule has 3 rings (SSSR count). The van der Waals surface area contributed by atoms with E-state index in [0.29, 0.717) is 0 Å². The zero-order valence-electron chi connectivity index (χ0n) is 11.4. The maximum absolute atomic E-state index is 4.27. The normalized spacial score (nSPS) is 33.8. The first kappa shape index (κ1) is 13.1. The lowest BCUT2D eigenvalue weighted by atomic mass is 10.1. The second-order valence-electron chi connectivity index (χ2n) is 5.82. The van der Waals surface area contributed by atoms with Gasteiger partial charge in [-0.15, -0.1) is 0 Å². The fourth-order valence-corrected chi connectivity index (χ4v) is 3.13. The van der Waals surface area contributed by atoms with E-state index in [1.165, 1.54) is 70.6 Å². The second-order valence-corrected chi connectivity index (χ2v) is 5.82. The van der Waals surface area contributed by atoms with Crippen molar-refractivity contribution < 1.29 is 4.90 Å². The molecule has 3 heterocycles. The predicted octanol–water partition coefficient (Wildman–Crippen LogP) is -0.141. The number of hydrogen-bond acceptors (Lipinski definition) is 2. The summed E-state index contributed by atoms with van der Waals surface area (Å²) in [4.78, 5) is 6.85. The van der Waals surface area contributed by atoms with Crippen molar-refractivity contribution in [3.05, 3.63) is 12.2 Å². The summed E-state index contributed by atoms with van der Waals surface area (Å²) >= 11 is 0. The van der Waals surface area contributed by atoms with Crippen LogP contribution in [0.15, 0.2) is 12.2 Å². The average Bonchev–Trinajstić information content (AvgIpc) is 2.23. The van der Waals surface area contributed by atoms with E-state index in [2.05, 4.69) is 23.4 Å². The van der Waals surface area contributed by atoms with E-state index in [1.54, 1.807) is 4.90 Å². The molecule has 0 saturated carbocycles. The monoisotopic (exact) mass is 238 g/mol. The lowest BCUT2D eigenvalue weighted by Crippen LogP contribution is -3.12. The molecule has 1 N–H and O–H groups in total. The molecule has 2 bridgehead atoms. The number of rotatable bonds is 0. The van der Waals surface area contributed by atoms with E-state index in [4.69, 9.17) is 0 Å². The van der Waals surface area contributed by atoms with Crippen LogP contribution >= 0.6 is 0 Å². The molecule has 0 aliphatic carbocycles. The lowest BCUT2D eigenvalue weighted by Gasteiger charge is -2.31. The van der Waals surface area contributed by atoms with E-state index in [1.807, 2.05) is 0 Å². The minimum Gasteiger partial charge on any atom is -0.331 e. The van der Waals surface area contributed by atoms with Crippen molar-refractivity contribution in [2.45, 2.75) is 19.3 Å². The molecule has 3 saturated heterocycles. The van der Waals surface area contributed by atoms with Gasteiger partial charge in [-0.1, -0.05) is 6.58 Å². The molecule has 3 aliphatic heterocycles. The number of fused-ring (bicyclic) bond motifs is 10. The highest BCUT2D eigenvalue weighted by Gasteiger charge is 2.18. The van der Waals surface area contributed by atoms with Gasteiger partial charge in [0.1, 0.15) is 0 Å². The van der Waals surface area contributed by atoms with Crippen LogP contribution in [0.4, 0.5) is 0 Å². The van der Waals surface area contributed by atoms with Crippen LogP contribution < -0.4 is 4.90 Å². The third kappa shape index (κ3) is 4.41. The van der Waals surface area contributed by atoms with E-state index in [9.17, 15) is 0 Å². The van der Waals surface area contributed by atoms with Crippen molar-refractivity contribution in [1.29, 1.82) is 0 Å². The average molecular weight is 238 g/mol. The highest BCUT2D eigenvalue weighted by atomic mass is 15.2. The van der Waals surface area contributed by atoms with Crippen LogP contribution in [0.1, 0.15) is 19.3 Å². The van der Waals surface area contributed by atoms with Crippen molar-refractivity contribution in [3.8, 4) is 0 Å². The largest absolute Gasteiger partial charge is 0.331 e. The number of quaternary nitrogens is 1. The lowest BCUT2D eigenvalue weighted by molar-refractivity contribution is -0.896. The summed E-state index contributed by atoms with van der Waals surface area (Å²) in [6, 6.07) is 0. The Kier molecular flexibility index (Phi) is 5.01. The minimum atomic E-state index is 1.13. The summed E-state index contributed by atoms with van der Waals surface area (Å²) in [6.07, 6.45) is 4.00. The smallest absolute Gasteiger partial charge is 0.0997 e. The molecule has 0 spiro atoms. The third-order valence-electron chi connectivity index (χ3n) is 4.04. The molecule has 2 unspecified atom stereocenters. The van der Waals surface area contributed by atoms with E-state index >= 15 is 0 Å². The topological polar surface area (TPSA) is 10.9 Å². The first-order valence-corrected chi connectivity index (χ1v) is 7.15. The summed E-state index contributed by atoms with van der Waals surface area (Å²) in [5.41, 5.74) is 1.44. The summed E-state index contributed by atoms with van der Waals surface area (Å²) in [7, 11) is 2.26. The van der Waals surface area contributed by atoms with Gasteiger partial charge in [-0.25, -0.2) is 0 Å². The van der Waals surface area contributed by atoms with Gasteiger partial charge < -0.3 is 9.80 Å². The zero-order valence-corrected chi connectivity index (χ0v) is 11.4. The molecule has 0 aromatic carbocycles. The van der Waals surface area contributed by atoms with Crippen LogP contribution in [-0.4, -0.2) is 69.2 Å². The first-order chi connectivity index (χ1) is 8.24. The third-order valence-corrected chi connectivity index (χ3v) is 4.04. The van der Waals surface area contributed by atoms with Crippen LogP contribution in [0.3, 0.4) is 0 Å². The molecule has 3 nitrogen and oxygen atoms in total. The van der Waals surface area contributed by atoms with E-state index < -0.39 is 0 Å². The summed E-state index contributed by atoms with van der Waals surface area (Å²) in [5, 5.41) is 0. The van der Waals surface area contributed by atoms with Gasteiger partial charge in [0.05, 0.1) is 19.6 Å². The number of hydrogen-bond donors (Lipinski definition) is 1. The van der Waals surface area contributed by atoms with Gasteiger partial charge in [-0.3, -0.25) is 4.90 Å². The summed E-state index contributed by atoms with van der Waals surface area (Å²) < 4.78 is 0. The molecule has 17 heavy (non-hydrogen) atoms. The molecule has 0 aromatic rings. The van der Waals surface area contributed by atoms with Gasteiger partial charge in [0, 0.05) is 32.5 Å². The van der Waals surface area contributed by atoms with Gasteiger partial charge >= 0.3 is 0 Å². The van der Waals surface area contributed by atoms with Gasteiger partial charge in [0.25, 0.3) is 0 Å². The fraction of sp³-hybridized carbons (Fsp3) is 0.857. The molecule has 3 aliphatic rings. The van der Waals surface area contributed by atoms with E-state index in [0.717, 1.165) is 6.54 Å². The molecule has 3 fully saturated rings. The number of nitrogens with zero attached hydrogens (tertiary/aromatic N) is 2. The molecule has 0 radical (unpaired) electrons. The van der Waals surface area contributed by atoms with Crippen molar-refractivity contribution in [3.63, 3.8) is 0 Å². The van der Waals surface area contributed by atoms with E-state index in [-0.39, 0.29) is 0 Å². The van der Waals surface area contributed by atoms with Crippen LogP contribution in [0, 0.1) is 0 Å². The Morgan fingerprint density at radius 1 is 1.00 bits per heavy atom. The zero-order chi connectivity index (χ0) is 12.1. The van der Waals surface area contributed by atoms with Gasteiger partial charge in [-0.05, 0) is 32.1 Å². The molecule has 98 valence electrons. The van der Waals surface area contributed by atoms with Gasteiger partial charge in [0.15, 0.2) is 0 Å². The minimum absolute atomic E-state index is 1.13. The van der Waals surface area contributed by atoms with Crippen molar-refractivity contribution in [2.75, 3.05) is 59.4 Å². The van der Waals surface area contributed by atoms with Crippen LogP contribution in [0.2, 0.25) is 0 Å². The highest BCUT2D eigenvalue weighted by molar-refractivity contribution is 4.97. The van der Waals surface area contributed by atoms with Crippen LogP contribution in [0.5, 0.6) is 0 Å². The molecular formula is C14H28N3+. The fourth-order valence-electron chi connectivity index (χ4n) is 3.13. The summed E-state index contributed by atoms with van der Waals surface area (Å²) in [6.45, 7) is 14.3. The summed E-state index contributed by atoms with van der Waals surface area (Å²) in [5.74, 6) is 0.